The molecule has 8 nitrogen and oxygen atoms in total. The van der Waals surface area contributed by atoms with Crippen molar-refractivity contribution in [2.45, 2.75) is 0 Å². The maximum atomic E-state index is 11.1. The van der Waals surface area contributed by atoms with E-state index in [1.165, 1.54) is 24.3 Å². The van der Waals surface area contributed by atoms with E-state index in [1.807, 2.05) is 34.9 Å². The minimum atomic E-state index is -0.466. The Hall–Kier alpha value is -4.07. The summed E-state index contributed by atoms with van der Waals surface area (Å²) in [6.45, 7) is 0. The Morgan fingerprint density at radius 3 is 2.04 bits per heavy atom. The fourth-order valence-corrected chi connectivity index (χ4v) is 2.95. The molecule has 1 aromatic heterocycles. The van der Waals surface area contributed by atoms with Crippen LogP contribution in [0.5, 0.6) is 0 Å². The number of non-ortho nitro benzene ring substituents is 2. The average molecular weight is 360 g/mol. The number of benzene rings is 3. The Morgan fingerprint density at radius 2 is 1.41 bits per heavy atom. The van der Waals surface area contributed by atoms with Gasteiger partial charge in [0.2, 0.25) is 0 Å². The summed E-state index contributed by atoms with van der Waals surface area (Å²) in [5.74, 6) is 0.597. The van der Waals surface area contributed by atoms with Crippen LogP contribution in [0.1, 0.15) is 0 Å². The number of nitrogens with zero attached hydrogens (tertiary/aromatic N) is 4. The van der Waals surface area contributed by atoms with E-state index >= 15 is 0 Å². The summed E-state index contributed by atoms with van der Waals surface area (Å²) in [6.07, 6.45) is 0. The molecule has 0 radical (unpaired) electrons. The van der Waals surface area contributed by atoms with Crippen LogP contribution in [0.15, 0.2) is 72.8 Å². The third kappa shape index (κ3) is 2.89. The second kappa shape index (κ2) is 6.34. The van der Waals surface area contributed by atoms with Gasteiger partial charge in [-0.1, -0.05) is 30.3 Å². The molecule has 1 heterocycles. The van der Waals surface area contributed by atoms with Crippen molar-refractivity contribution in [1.82, 2.24) is 9.55 Å². The molecule has 4 rings (SSSR count). The monoisotopic (exact) mass is 360 g/mol. The third-order valence-corrected chi connectivity index (χ3v) is 4.20. The SMILES string of the molecule is O=[N+]([O-])c1ccc(-n2c(-c3ccccc3)nc3cc([N+](=O)[O-])ccc32)cc1. The predicted octanol–water partition coefficient (Wildman–Crippen LogP) is 4.51. The standard InChI is InChI=1S/C19H12N4O4/c24-22(25)15-8-6-14(7-9-15)21-18-11-10-16(23(26)27)12-17(18)20-19(21)13-4-2-1-3-5-13/h1-12H. The number of nitro groups is 2. The van der Waals surface area contributed by atoms with Gasteiger partial charge >= 0.3 is 0 Å². The molecule has 0 aliphatic carbocycles. The molecule has 0 fully saturated rings. The lowest BCUT2D eigenvalue weighted by atomic mass is 10.2. The van der Waals surface area contributed by atoms with Gasteiger partial charge in [-0.2, -0.15) is 0 Å². The highest BCUT2D eigenvalue weighted by Crippen LogP contribution is 2.31. The van der Waals surface area contributed by atoms with Crippen LogP contribution in [0.4, 0.5) is 11.4 Å². The van der Waals surface area contributed by atoms with E-state index < -0.39 is 9.85 Å². The van der Waals surface area contributed by atoms with Crippen molar-refractivity contribution < 1.29 is 9.85 Å². The second-order valence-electron chi connectivity index (χ2n) is 5.84. The van der Waals surface area contributed by atoms with E-state index in [1.54, 1.807) is 18.2 Å². The van der Waals surface area contributed by atoms with Gasteiger partial charge in [-0.25, -0.2) is 4.98 Å². The number of nitro benzene ring substituents is 2. The lowest BCUT2D eigenvalue weighted by Crippen LogP contribution is -1.98. The molecule has 3 aromatic carbocycles. The smallest absolute Gasteiger partial charge is 0.271 e. The maximum Gasteiger partial charge on any atom is 0.271 e. The first-order valence-corrected chi connectivity index (χ1v) is 8.02. The van der Waals surface area contributed by atoms with Gasteiger partial charge in [0.05, 0.1) is 20.9 Å². The van der Waals surface area contributed by atoms with Gasteiger partial charge in [0.25, 0.3) is 11.4 Å². The van der Waals surface area contributed by atoms with Gasteiger partial charge in [0.1, 0.15) is 5.82 Å². The molecule has 0 saturated heterocycles. The van der Waals surface area contributed by atoms with Crippen LogP contribution in [-0.4, -0.2) is 19.4 Å². The number of hydrogen-bond acceptors (Lipinski definition) is 5. The molecule has 0 saturated carbocycles. The van der Waals surface area contributed by atoms with Crippen molar-refractivity contribution in [3.05, 3.63) is 93.0 Å². The van der Waals surface area contributed by atoms with Crippen molar-refractivity contribution in [2.75, 3.05) is 0 Å². The first-order valence-electron chi connectivity index (χ1n) is 8.02. The number of aromatic nitrogens is 2. The van der Waals surface area contributed by atoms with Gasteiger partial charge in [-0.05, 0) is 18.2 Å². The molecule has 0 N–H and O–H groups in total. The Kier molecular flexibility index (Phi) is 3.85. The lowest BCUT2D eigenvalue weighted by molar-refractivity contribution is -0.385. The van der Waals surface area contributed by atoms with Crippen LogP contribution in [-0.2, 0) is 0 Å². The number of rotatable bonds is 4. The van der Waals surface area contributed by atoms with E-state index in [4.69, 9.17) is 0 Å². The minimum absolute atomic E-state index is 0.0138. The highest BCUT2D eigenvalue weighted by Gasteiger charge is 2.17. The molecule has 8 heteroatoms. The summed E-state index contributed by atoms with van der Waals surface area (Å²) in [7, 11) is 0. The maximum absolute atomic E-state index is 11.1. The summed E-state index contributed by atoms with van der Waals surface area (Å²) in [4.78, 5) is 25.7. The zero-order valence-corrected chi connectivity index (χ0v) is 13.9. The van der Waals surface area contributed by atoms with Crippen molar-refractivity contribution >= 4 is 22.4 Å². The number of hydrogen-bond donors (Lipinski definition) is 0. The quantitative estimate of drug-likeness (QED) is 0.393. The first kappa shape index (κ1) is 16.4. The fourth-order valence-electron chi connectivity index (χ4n) is 2.95. The van der Waals surface area contributed by atoms with Crippen LogP contribution in [0.2, 0.25) is 0 Å². The van der Waals surface area contributed by atoms with Crippen molar-refractivity contribution in [3.63, 3.8) is 0 Å². The topological polar surface area (TPSA) is 104 Å². The Morgan fingerprint density at radius 1 is 0.778 bits per heavy atom. The summed E-state index contributed by atoms with van der Waals surface area (Å²) in [5.41, 5.74) is 2.59. The first-order chi connectivity index (χ1) is 13.0. The van der Waals surface area contributed by atoms with Crippen LogP contribution in [0.3, 0.4) is 0 Å². The summed E-state index contributed by atoms with van der Waals surface area (Å²) in [5, 5.41) is 22.0. The highest BCUT2D eigenvalue weighted by molar-refractivity contribution is 5.85. The largest absolute Gasteiger partial charge is 0.292 e. The van der Waals surface area contributed by atoms with Crippen molar-refractivity contribution in [1.29, 1.82) is 0 Å². The predicted molar refractivity (Wildman–Crippen MR) is 99.8 cm³/mol. The molecule has 4 aromatic rings. The second-order valence-corrected chi connectivity index (χ2v) is 5.84. The molecule has 0 unspecified atom stereocenters. The molecule has 0 spiro atoms. The van der Waals surface area contributed by atoms with Gasteiger partial charge in [0.15, 0.2) is 0 Å². The van der Waals surface area contributed by atoms with Crippen LogP contribution in [0.25, 0.3) is 28.1 Å². The van der Waals surface area contributed by atoms with E-state index in [2.05, 4.69) is 4.98 Å². The molecular formula is C19H12N4O4. The third-order valence-electron chi connectivity index (χ3n) is 4.20. The average Bonchev–Trinajstić information content (AvgIpc) is 3.07. The normalized spacial score (nSPS) is 10.8. The summed E-state index contributed by atoms with van der Waals surface area (Å²) >= 11 is 0. The molecular weight excluding hydrogens is 348 g/mol. The van der Waals surface area contributed by atoms with Crippen LogP contribution < -0.4 is 0 Å². The molecule has 0 aliphatic heterocycles. The number of imidazole rings is 1. The molecule has 27 heavy (non-hydrogen) atoms. The Balaban J connectivity index is 1.98. The zero-order chi connectivity index (χ0) is 19.0. The van der Waals surface area contributed by atoms with Crippen molar-refractivity contribution in [3.8, 4) is 17.1 Å². The van der Waals surface area contributed by atoms with Crippen molar-refractivity contribution in [2.24, 2.45) is 0 Å². The minimum Gasteiger partial charge on any atom is -0.292 e. The van der Waals surface area contributed by atoms with Gasteiger partial charge < -0.3 is 0 Å². The molecule has 0 amide bonds. The molecule has 0 bridgehead atoms. The van der Waals surface area contributed by atoms with Gasteiger partial charge in [0, 0.05) is 35.5 Å². The van der Waals surface area contributed by atoms with Crippen LogP contribution in [0, 0.1) is 20.2 Å². The highest BCUT2D eigenvalue weighted by atomic mass is 16.6. The van der Waals surface area contributed by atoms with E-state index in [0.29, 0.717) is 22.5 Å². The Bertz CT molecular complexity index is 1170. The van der Waals surface area contributed by atoms with E-state index in [9.17, 15) is 20.2 Å². The number of fused-ring (bicyclic) bond motifs is 1. The van der Waals surface area contributed by atoms with Gasteiger partial charge in [-0.15, -0.1) is 0 Å². The van der Waals surface area contributed by atoms with Gasteiger partial charge in [-0.3, -0.25) is 24.8 Å². The summed E-state index contributed by atoms with van der Waals surface area (Å²) < 4.78 is 1.83. The molecule has 0 atom stereocenters. The van der Waals surface area contributed by atoms with E-state index in [0.717, 1.165) is 5.56 Å². The Labute approximate surface area is 152 Å². The fraction of sp³-hybridized carbons (Fsp3) is 0. The summed E-state index contributed by atoms with van der Waals surface area (Å²) in [6, 6.07) is 20.0. The lowest BCUT2D eigenvalue weighted by Gasteiger charge is -2.09. The molecule has 132 valence electrons. The molecule has 0 aliphatic rings. The zero-order valence-electron chi connectivity index (χ0n) is 13.9. The van der Waals surface area contributed by atoms with E-state index in [-0.39, 0.29) is 11.4 Å². The van der Waals surface area contributed by atoms with Crippen LogP contribution >= 0.6 is 0 Å².